The first-order valence-electron chi connectivity index (χ1n) is 15.8. The van der Waals surface area contributed by atoms with Gasteiger partial charge in [0.15, 0.2) is 0 Å². The lowest BCUT2D eigenvalue weighted by Crippen LogP contribution is -2.55. The van der Waals surface area contributed by atoms with Crippen molar-refractivity contribution in [2.75, 3.05) is 19.6 Å². The number of nitrogens with one attached hydrogen (secondary N) is 1. The number of hydrogen-bond acceptors (Lipinski definition) is 6. The van der Waals surface area contributed by atoms with Crippen LogP contribution in [0.2, 0.25) is 0 Å². The first-order chi connectivity index (χ1) is 21.5. The second-order valence-corrected chi connectivity index (χ2v) is 14.6. The van der Waals surface area contributed by atoms with Crippen LogP contribution in [0, 0.1) is 24.5 Å². The van der Waals surface area contributed by atoms with E-state index in [1.54, 1.807) is 0 Å². The van der Waals surface area contributed by atoms with Crippen LogP contribution in [0.5, 0.6) is 0 Å². The van der Waals surface area contributed by atoms with Crippen molar-refractivity contribution in [2.24, 2.45) is 11.7 Å². The van der Waals surface area contributed by atoms with Crippen LogP contribution < -0.4 is 11.1 Å². The van der Waals surface area contributed by atoms with Gasteiger partial charge in [-0.25, -0.2) is 8.78 Å². The number of halogens is 2. The first-order valence-corrected chi connectivity index (χ1v) is 17.4. The van der Waals surface area contributed by atoms with E-state index in [-0.39, 0.29) is 18.9 Å². The quantitative estimate of drug-likeness (QED) is 0.171. The summed E-state index contributed by atoms with van der Waals surface area (Å²) in [5.41, 5.74) is 10.5. The highest BCUT2D eigenvalue weighted by atomic mass is 32.2. The molecule has 2 amide bonds. The molecule has 1 aromatic heterocycles. The van der Waals surface area contributed by atoms with E-state index in [9.17, 15) is 23.5 Å². The number of aliphatic hydroxyl groups is 1. The average Bonchev–Trinajstić information content (AvgIpc) is 3.48. The maximum Gasteiger partial charge on any atom is 0.264 e. The second-order valence-electron chi connectivity index (χ2n) is 12.0. The first kappa shape index (κ1) is 35.1. The maximum atomic E-state index is 14.3. The second kappa shape index (κ2) is 15.2. The summed E-state index contributed by atoms with van der Waals surface area (Å²) in [6.45, 7) is 12.0. The lowest BCUT2D eigenvalue weighted by Gasteiger charge is -2.41. The Labute approximate surface area is 273 Å². The Bertz CT molecular complexity index is 1490. The molecule has 4 N–H and O–H groups in total. The molecule has 10 heteroatoms. The molecule has 2 unspecified atom stereocenters. The molecule has 2 aromatic carbocycles. The zero-order valence-electron chi connectivity index (χ0n) is 26.8. The highest BCUT2D eigenvalue weighted by molar-refractivity contribution is 8.03. The van der Waals surface area contributed by atoms with Gasteiger partial charge in [0.25, 0.3) is 5.91 Å². The molecule has 244 valence electrons. The van der Waals surface area contributed by atoms with E-state index in [0.717, 1.165) is 46.2 Å². The van der Waals surface area contributed by atoms with Crippen LogP contribution in [-0.2, 0) is 24.2 Å². The molecule has 1 aliphatic rings. The van der Waals surface area contributed by atoms with Crippen molar-refractivity contribution in [1.29, 1.82) is 0 Å². The Kier molecular flexibility index (Phi) is 11.8. The number of hydrogen-bond donors (Lipinski definition) is 3. The summed E-state index contributed by atoms with van der Waals surface area (Å²) in [7, 11) is 0. The van der Waals surface area contributed by atoms with Gasteiger partial charge in [0.05, 0.1) is 15.2 Å². The molecule has 0 bridgehead atoms. The molecule has 45 heavy (non-hydrogen) atoms. The van der Waals surface area contributed by atoms with Crippen LogP contribution in [0.15, 0.2) is 46.7 Å². The molecule has 0 aliphatic carbocycles. The van der Waals surface area contributed by atoms with E-state index in [0.29, 0.717) is 30.1 Å². The Morgan fingerprint density at radius 2 is 1.69 bits per heavy atom. The molecule has 0 saturated carbocycles. The van der Waals surface area contributed by atoms with E-state index >= 15 is 0 Å². The monoisotopic (exact) mass is 657 g/mol. The standard InChI is InChI=1S/C35H45F2N3O3S2/c1-6-12-40(13-7-2)32(42)31-21(4)30-22(5)35(34(38)43,45-33(30)44-31)28(17-25-15-26(36)18-27(37)16-25)29(41)20-39-19-24-11-9-10-23(8-3)14-24/h9-11,14-16,18,22,28-29,39,41H,6-8,12-13,17,19-20H2,1-5H3,(H2,38,43)/t22?,28-,29-,35?/m0/s1. The Hall–Kier alpha value is -2.79. The molecule has 4 rings (SSSR count). The summed E-state index contributed by atoms with van der Waals surface area (Å²) in [5, 5.41) is 15.1. The number of nitrogens with zero attached hydrogens (tertiary/aromatic N) is 1. The van der Waals surface area contributed by atoms with Gasteiger partial charge in [0.2, 0.25) is 5.91 Å². The van der Waals surface area contributed by atoms with E-state index in [1.807, 2.05) is 44.7 Å². The van der Waals surface area contributed by atoms with Crippen molar-refractivity contribution in [1.82, 2.24) is 10.2 Å². The van der Waals surface area contributed by atoms with E-state index in [2.05, 4.69) is 24.4 Å². The van der Waals surface area contributed by atoms with E-state index in [1.165, 1.54) is 40.8 Å². The number of nitrogens with two attached hydrogens (primary N) is 1. The van der Waals surface area contributed by atoms with Crippen molar-refractivity contribution < 1.29 is 23.5 Å². The number of benzene rings is 2. The van der Waals surface area contributed by atoms with Gasteiger partial charge in [0, 0.05) is 44.1 Å². The lowest BCUT2D eigenvalue weighted by atomic mass is 9.72. The number of carbonyl (C=O) groups excluding carboxylic acids is 2. The third kappa shape index (κ3) is 7.45. The highest BCUT2D eigenvalue weighted by Gasteiger charge is 2.58. The molecular weight excluding hydrogens is 613 g/mol. The molecule has 1 aliphatic heterocycles. The molecule has 2 heterocycles. The molecular formula is C35H45F2N3O3S2. The lowest BCUT2D eigenvalue weighted by molar-refractivity contribution is -0.123. The minimum absolute atomic E-state index is 0.0174. The summed E-state index contributed by atoms with van der Waals surface area (Å²) in [4.78, 5) is 29.7. The summed E-state index contributed by atoms with van der Waals surface area (Å²) in [5.74, 6) is -3.33. The van der Waals surface area contributed by atoms with Crippen LogP contribution in [0.1, 0.15) is 83.9 Å². The fourth-order valence-corrected chi connectivity index (χ4v) is 10.1. The SMILES string of the molecule is CCCN(CCC)C(=O)c1sc2c(c1C)C(C)C(C(N)=O)([C@@H](Cc1cc(F)cc(F)c1)[C@@H](O)CNCc1cccc(CC)c1)S2. The van der Waals surface area contributed by atoms with Gasteiger partial charge >= 0.3 is 0 Å². The average molecular weight is 658 g/mol. The number of rotatable bonds is 15. The summed E-state index contributed by atoms with van der Waals surface area (Å²) in [6, 6.07) is 11.4. The van der Waals surface area contributed by atoms with Crippen molar-refractivity contribution in [3.63, 3.8) is 0 Å². The number of amides is 2. The topological polar surface area (TPSA) is 95.7 Å². The third-order valence-electron chi connectivity index (χ3n) is 8.83. The maximum absolute atomic E-state index is 14.3. The largest absolute Gasteiger partial charge is 0.391 e. The predicted molar refractivity (Wildman–Crippen MR) is 179 cm³/mol. The number of carbonyl (C=O) groups is 2. The van der Waals surface area contributed by atoms with Crippen LogP contribution in [-0.4, -0.2) is 52.3 Å². The number of primary amides is 1. The van der Waals surface area contributed by atoms with Gasteiger partial charge in [-0.05, 0) is 72.6 Å². The molecule has 0 radical (unpaired) electrons. The Morgan fingerprint density at radius 1 is 1.04 bits per heavy atom. The molecule has 3 aromatic rings. The summed E-state index contributed by atoms with van der Waals surface area (Å²) < 4.78 is 28.1. The van der Waals surface area contributed by atoms with E-state index < -0.39 is 40.2 Å². The Morgan fingerprint density at radius 3 is 2.27 bits per heavy atom. The number of thiophene rings is 1. The van der Waals surface area contributed by atoms with Gasteiger partial charge < -0.3 is 21.1 Å². The fourth-order valence-electron chi connectivity index (χ4n) is 6.60. The fraction of sp³-hybridized carbons (Fsp3) is 0.486. The van der Waals surface area contributed by atoms with Crippen LogP contribution >= 0.6 is 23.1 Å². The number of aryl methyl sites for hydroxylation is 1. The van der Waals surface area contributed by atoms with Crippen LogP contribution in [0.3, 0.4) is 0 Å². The Balaban J connectivity index is 1.68. The zero-order valence-corrected chi connectivity index (χ0v) is 28.4. The van der Waals surface area contributed by atoms with Gasteiger partial charge in [0.1, 0.15) is 16.4 Å². The number of thioether (sulfide) groups is 1. The van der Waals surface area contributed by atoms with Crippen molar-refractivity contribution in [3.05, 3.63) is 86.8 Å². The normalized spacial score (nSPS) is 18.9. The molecule has 0 saturated heterocycles. The minimum Gasteiger partial charge on any atom is -0.391 e. The predicted octanol–water partition coefficient (Wildman–Crippen LogP) is 6.60. The molecule has 6 nitrogen and oxygen atoms in total. The van der Waals surface area contributed by atoms with Crippen LogP contribution in [0.4, 0.5) is 8.78 Å². The van der Waals surface area contributed by atoms with E-state index in [4.69, 9.17) is 5.73 Å². The van der Waals surface area contributed by atoms with Gasteiger partial charge in [-0.15, -0.1) is 11.3 Å². The number of fused-ring (bicyclic) bond motifs is 1. The van der Waals surface area contributed by atoms with Gasteiger partial charge in [-0.1, -0.05) is 63.7 Å². The summed E-state index contributed by atoms with van der Waals surface area (Å²) >= 11 is 2.65. The van der Waals surface area contributed by atoms with Crippen molar-refractivity contribution in [2.45, 2.75) is 87.8 Å². The summed E-state index contributed by atoms with van der Waals surface area (Å²) in [6.07, 6.45) is 1.57. The molecule has 4 atom stereocenters. The minimum atomic E-state index is -1.31. The molecule has 0 fully saturated rings. The molecule has 0 spiro atoms. The van der Waals surface area contributed by atoms with Gasteiger partial charge in [-0.2, -0.15) is 0 Å². The zero-order chi connectivity index (χ0) is 32.9. The van der Waals surface area contributed by atoms with Crippen molar-refractivity contribution in [3.8, 4) is 0 Å². The van der Waals surface area contributed by atoms with Gasteiger partial charge in [-0.3, -0.25) is 9.59 Å². The number of aliphatic hydroxyl groups excluding tert-OH is 1. The van der Waals surface area contributed by atoms with Crippen molar-refractivity contribution >= 4 is 34.9 Å². The highest BCUT2D eigenvalue weighted by Crippen LogP contribution is 2.61. The smallest absolute Gasteiger partial charge is 0.264 e. The third-order valence-corrected chi connectivity index (χ3v) is 12.0. The van der Waals surface area contributed by atoms with Crippen LogP contribution in [0.25, 0.3) is 0 Å².